The Morgan fingerprint density at radius 3 is 1.79 bits per heavy atom. The summed E-state index contributed by atoms with van der Waals surface area (Å²) in [6.07, 6.45) is 9.16. The average molecular weight is 453 g/mol. The summed E-state index contributed by atoms with van der Waals surface area (Å²) in [7, 11) is 2.73. The lowest BCUT2D eigenvalue weighted by Gasteiger charge is -2.29. The number of ketones is 2. The maximum Gasteiger partial charge on any atom is 0.299 e. The van der Waals surface area contributed by atoms with Gasteiger partial charge < -0.3 is 9.47 Å². The van der Waals surface area contributed by atoms with Gasteiger partial charge in [0.25, 0.3) is 5.79 Å². The number of methoxy groups -OCH3 is 2. The lowest BCUT2D eigenvalue weighted by molar-refractivity contribution is -0.136. The fourth-order valence-electron chi connectivity index (χ4n) is 4.37. The quantitative estimate of drug-likeness (QED) is 0.170. The SMILES string of the molecule is CCCCc1ccc(C(=O)C(OC)(OC)C(=O)c2ccccc2)c(CCCC)c1CCCC. The first-order valence-electron chi connectivity index (χ1n) is 12.4. The second kappa shape index (κ2) is 13.4. The summed E-state index contributed by atoms with van der Waals surface area (Å²) >= 11 is 0. The highest BCUT2D eigenvalue weighted by Crippen LogP contribution is 2.31. The molecule has 0 aliphatic carbocycles. The van der Waals surface area contributed by atoms with Crippen molar-refractivity contribution in [3.8, 4) is 0 Å². The van der Waals surface area contributed by atoms with Gasteiger partial charge in [-0.15, -0.1) is 0 Å². The third-order valence-corrected chi connectivity index (χ3v) is 6.34. The average Bonchev–Trinajstić information content (AvgIpc) is 2.86. The third-order valence-electron chi connectivity index (χ3n) is 6.34. The molecule has 0 saturated heterocycles. The second-order valence-corrected chi connectivity index (χ2v) is 8.59. The molecule has 0 aliphatic rings. The summed E-state index contributed by atoms with van der Waals surface area (Å²) in [5.74, 6) is -2.91. The van der Waals surface area contributed by atoms with E-state index in [0.717, 1.165) is 63.4 Å². The monoisotopic (exact) mass is 452 g/mol. The minimum absolute atomic E-state index is 0.385. The number of aryl methyl sites for hydroxylation is 1. The molecule has 4 heteroatoms. The molecular formula is C29H40O4. The summed E-state index contributed by atoms with van der Waals surface area (Å²) < 4.78 is 11.1. The van der Waals surface area contributed by atoms with E-state index in [1.54, 1.807) is 24.3 Å². The highest BCUT2D eigenvalue weighted by molar-refractivity contribution is 6.21. The molecular weight excluding hydrogens is 412 g/mol. The Labute approximate surface area is 199 Å². The first-order chi connectivity index (χ1) is 16.0. The van der Waals surface area contributed by atoms with Crippen LogP contribution in [0.4, 0.5) is 0 Å². The van der Waals surface area contributed by atoms with Crippen molar-refractivity contribution in [3.05, 3.63) is 70.3 Å². The van der Waals surface area contributed by atoms with Crippen molar-refractivity contribution in [2.75, 3.05) is 14.2 Å². The Balaban J connectivity index is 2.65. The summed E-state index contributed by atoms with van der Waals surface area (Å²) in [5.41, 5.74) is 4.59. The van der Waals surface area contributed by atoms with Gasteiger partial charge in [0, 0.05) is 25.3 Å². The highest BCUT2D eigenvalue weighted by Gasteiger charge is 2.48. The molecule has 2 rings (SSSR count). The number of carbonyl (C=O) groups is 2. The van der Waals surface area contributed by atoms with Crippen molar-refractivity contribution in [1.82, 2.24) is 0 Å². The van der Waals surface area contributed by atoms with Crippen molar-refractivity contribution in [2.24, 2.45) is 0 Å². The fraction of sp³-hybridized carbons (Fsp3) is 0.517. The number of Topliss-reactive ketones (excluding diaryl/α,β-unsaturated/α-hetero) is 2. The van der Waals surface area contributed by atoms with Crippen LogP contribution in [0.3, 0.4) is 0 Å². The molecule has 0 saturated carbocycles. The lowest BCUT2D eigenvalue weighted by atomic mass is 9.84. The molecule has 4 nitrogen and oxygen atoms in total. The largest absolute Gasteiger partial charge is 0.341 e. The number of hydrogen-bond donors (Lipinski definition) is 0. The van der Waals surface area contributed by atoms with Crippen molar-refractivity contribution in [3.63, 3.8) is 0 Å². The van der Waals surface area contributed by atoms with Gasteiger partial charge in [0.15, 0.2) is 0 Å². The predicted octanol–water partition coefficient (Wildman–Crippen LogP) is 6.77. The van der Waals surface area contributed by atoms with Crippen LogP contribution in [-0.2, 0) is 28.7 Å². The molecule has 0 amide bonds. The number of hydrogen-bond acceptors (Lipinski definition) is 4. The Kier molecular flexibility index (Phi) is 11.0. The summed E-state index contributed by atoms with van der Waals surface area (Å²) in [6, 6.07) is 12.7. The zero-order valence-corrected chi connectivity index (χ0v) is 21.0. The van der Waals surface area contributed by atoms with Crippen LogP contribution in [0.25, 0.3) is 0 Å². The Bertz CT molecular complexity index is 897. The third kappa shape index (κ3) is 6.18. The van der Waals surface area contributed by atoms with Crippen LogP contribution in [0.1, 0.15) is 96.7 Å². The van der Waals surface area contributed by atoms with E-state index >= 15 is 0 Å². The Hall–Kier alpha value is -2.30. The topological polar surface area (TPSA) is 52.6 Å². The summed E-state index contributed by atoms with van der Waals surface area (Å²) in [5, 5.41) is 0. The molecule has 0 aromatic heterocycles. The van der Waals surface area contributed by atoms with E-state index in [4.69, 9.17) is 9.47 Å². The minimum atomic E-state index is -2.00. The van der Waals surface area contributed by atoms with Crippen molar-refractivity contribution in [1.29, 1.82) is 0 Å². The molecule has 0 N–H and O–H groups in total. The van der Waals surface area contributed by atoms with Gasteiger partial charge in [-0.3, -0.25) is 9.59 Å². The van der Waals surface area contributed by atoms with Gasteiger partial charge in [0.05, 0.1) is 0 Å². The van der Waals surface area contributed by atoms with Crippen molar-refractivity contribution < 1.29 is 19.1 Å². The van der Waals surface area contributed by atoms with E-state index in [9.17, 15) is 9.59 Å². The maximum absolute atomic E-state index is 14.0. The van der Waals surface area contributed by atoms with E-state index in [2.05, 4.69) is 26.8 Å². The van der Waals surface area contributed by atoms with Crippen LogP contribution in [0.2, 0.25) is 0 Å². The van der Waals surface area contributed by atoms with E-state index < -0.39 is 17.4 Å². The van der Waals surface area contributed by atoms with Crippen LogP contribution < -0.4 is 0 Å². The van der Waals surface area contributed by atoms with Gasteiger partial charge in [-0.2, -0.15) is 0 Å². The number of benzene rings is 2. The molecule has 180 valence electrons. The van der Waals surface area contributed by atoms with E-state index in [1.165, 1.54) is 25.3 Å². The lowest BCUT2D eigenvalue weighted by Crippen LogP contribution is -2.50. The number of rotatable bonds is 15. The molecule has 0 fully saturated rings. The van der Waals surface area contributed by atoms with E-state index in [-0.39, 0.29) is 0 Å². The molecule has 0 heterocycles. The van der Waals surface area contributed by atoms with Crippen LogP contribution in [-0.4, -0.2) is 31.6 Å². The van der Waals surface area contributed by atoms with Crippen molar-refractivity contribution in [2.45, 2.75) is 84.3 Å². The molecule has 0 unspecified atom stereocenters. The first kappa shape index (κ1) is 26.9. The van der Waals surface area contributed by atoms with E-state index in [1.807, 2.05) is 12.1 Å². The van der Waals surface area contributed by atoms with Crippen LogP contribution in [0.15, 0.2) is 42.5 Å². The maximum atomic E-state index is 14.0. The summed E-state index contributed by atoms with van der Waals surface area (Å²) in [4.78, 5) is 27.5. The molecule has 2 aromatic carbocycles. The summed E-state index contributed by atoms with van der Waals surface area (Å²) in [6.45, 7) is 6.54. The molecule has 0 atom stereocenters. The van der Waals surface area contributed by atoms with Gasteiger partial charge in [-0.1, -0.05) is 82.5 Å². The minimum Gasteiger partial charge on any atom is -0.341 e. The van der Waals surface area contributed by atoms with Gasteiger partial charge in [-0.25, -0.2) is 0 Å². The zero-order valence-electron chi connectivity index (χ0n) is 21.0. The molecule has 2 aromatic rings. The fourth-order valence-corrected chi connectivity index (χ4v) is 4.37. The standard InChI is InChI=1S/C29H40O4/c1-6-9-15-22-20-21-26(25(19-11-8-3)24(22)18-10-7-2)28(31)29(32-4,33-5)27(30)23-16-13-12-14-17-23/h12-14,16-17,20-21H,6-11,15,18-19H2,1-5H3. The van der Waals surface area contributed by atoms with Gasteiger partial charge >= 0.3 is 0 Å². The van der Waals surface area contributed by atoms with Gasteiger partial charge in [0.1, 0.15) is 0 Å². The van der Waals surface area contributed by atoms with Crippen LogP contribution >= 0.6 is 0 Å². The van der Waals surface area contributed by atoms with E-state index in [0.29, 0.717) is 11.1 Å². The second-order valence-electron chi connectivity index (χ2n) is 8.59. The number of ether oxygens (including phenoxy) is 2. The Morgan fingerprint density at radius 2 is 1.24 bits per heavy atom. The Morgan fingerprint density at radius 1 is 0.697 bits per heavy atom. The van der Waals surface area contributed by atoms with Gasteiger partial charge in [0.2, 0.25) is 11.6 Å². The van der Waals surface area contributed by atoms with Crippen molar-refractivity contribution >= 4 is 11.6 Å². The van der Waals surface area contributed by atoms with Crippen LogP contribution in [0, 0.1) is 0 Å². The first-order valence-corrected chi connectivity index (χ1v) is 12.4. The normalized spacial score (nSPS) is 11.5. The van der Waals surface area contributed by atoms with Crippen LogP contribution in [0.5, 0.6) is 0 Å². The highest BCUT2D eigenvalue weighted by atomic mass is 16.7. The molecule has 0 spiro atoms. The molecule has 0 radical (unpaired) electrons. The zero-order chi connectivity index (χ0) is 24.3. The molecule has 33 heavy (non-hydrogen) atoms. The smallest absolute Gasteiger partial charge is 0.299 e. The number of unbranched alkanes of at least 4 members (excludes halogenated alkanes) is 3. The molecule has 0 aliphatic heterocycles. The predicted molar refractivity (Wildman–Crippen MR) is 134 cm³/mol. The number of carbonyl (C=O) groups excluding carboxylic acids is 2. The van der Waals surface area contributed by atoms with Gasteiger partial charge in [-0.05, 0) is 55.2 Å². The molecule has 0 bridgehead atoms.